The lowest BCUT2D eigenvalue weighted by Gasteiger charge is -2.11. The highest BCUT2D eigenvalue weighted by Crippen LogP contribution is 2.43. The Morgan fingerprint density at radius 3 is 0.862 bits per heavy atom. The van der Waals surface area contributed by atoms with Crippen LogP contribution in [-0.4, -0.2) is 18.3 Å². The number of para-hydroxylation sites is 6. The van der Waals surface area contributed by atoms with Gasteiger partial charge in [0.15, 0.2) is 0 Å². The summed E-state index contributed by atoms with van der Waals surface area (Å²) in [7, 11) is 0. The van der Waals surface area contributed by atoms with Gasteiger partial charge in [0, 0.05) is 65.8 Å². The molecule has 0 saturated carbocycles. The smallest absolute Gasteiger partial charge is 0.0561 e. The standard InChI is InChI=1S/C54H34N4/c1-4-16-35(17-5-1)55-47-25-13-10-22-39(47)42-29-28-38(30-50(42)55)58-49-27-15-12-24-41(49)44-32-54-46(34-52(44)58)45-33-51-43(31-53(45)57(54)37-20-8-3-9-21-37)40-23-11-14-26-48(40)56(51)36-18-6-2-7-19-36/h1-34H. The maximum Gasteiger partial charge on any atom is 0.0561 e. The van der Waals surface area contributed by atoms with E-state index in [4.69, 9.17) is 0 Å². The summed E-state index contributed by atoms with van der Waals surface area (Å²) in [5.74, 6) is 0. The SMILES string of the molecule is c1ccc(-n2c3ccccc3c3ccc(-n4c5ccccc5c5cc6c(cc54)c4cc5c(cc4n6-c4ccccc4)c4ccccc4n5-c4ccccc4)cc32)cc1. The largest absolute Gasteiger partial charge is 0.309 e. The summed E-state index contributed by atoms with van der Waals surface area (Å²) >= 11 is 0. The maximum absolute atomic E-state index is 2.47. The molecule has 0 fully saturated rings. The second kappa shape index (κ2) is 11.8. The lowest BCUT2D eigenvalue weighted by atomic mass is 10.1. The number of hydrogen-bond acceptors (Lipinski definition) is 0. The normalized spacial score (nSPS) is 12.1. The average molecular weight is 739 g/mol. The molecule has 0 amide bonds. The van der Waals surface area contributed by atoms with Crippen LogP contribution in [0.2, 0.25) is 0 Å². The fourth-order valence-corrected chi connectivity index (χ4v) is 9.88. The Kier molecular flexibility index (Phi) is 6.41. The van der Waals surface area contributed by atoms with Crippen LogP contribution in [0.5, 0.6) is 0 Å². The number of fused-ring (bicyclic) bond motifs is 12. The van der Waals surface area contributed by atoms with E-state index in [1.54, 1.807) is 0 Å². The molecule has 58 heavy (non-hydrogen) atoms. The Hall–Kier alpha value is -7.82. The molecule has 0 aliphatic carbocycles. The third-order valence-corrected chi connectivity index (χ3v) is 12.3. The van der Waals surface area contributed by atoms with Gasteiger partial charge in [-0.25, -0.2) is 0 Å². The molecule has 0 saturated heterocycles. The van der Waals surface area contributed by atoms with Gasteiger partial charge in [-0.2, -0.15) is 0 Å². The van der Waals surface area contributed by atoms with E-state index in [1.165, 1.54) is 87.2 Å². The summed E-state index contributed by atoms with van der Waals surface area (Å²) < 4.78 is 9.77. The van der Waals surface area contributed by atoms with Gasteiger partial charge in [-0.05, 0) is 91.0 Å². The maximum atomic E-state index is 2.47. The Morgan fingerprint density at radius 1 is 0.172 bits per heavy atom. The molecule has 4 nitrogen and oxygen atoms in total. The quantitative estimate of drug-likeness (QED) is 0.171. The predicted molar refractivity (Wildman–Crippen MR) is 244 cm³/mol. The summed E-state index contributed by atoms with van der Waals surface area (Å²) in [6.45, 7) is 0. The second-order valence-electron chi connectivity index (χ2n) is 15.4. The zero-order chi connectivity index (χ0) is 37.9. The van der Waals surface area contributed by atoms with Gasteiger partial charge in [-0.15, -0.1) is 0 Å². The van der Waals surface area contributed by atoms with Gasteiger partial charge in [0.1, 0.15) is 0 Å². The monoisotopic (exact) mass is 738 g/mol. The van der Waals surface area contributed by atoms with Crippen molar-refractivity contribution in [2.45, 2.75) is 0 Å². The van der Waals surface area contributed by atoms with Crippen LogP contribution in [0.25, 0.3) is 110 Å². The molecule has 0 radical (unpaired) electrons. The number of aromatic nitrogens is 4. The van der Waals surface area contributed by atoms with Crippen molar-refractivity contribution in [2.24, 2.45) is 0 Å². The first kappa shape index (κ1) is 31.4. The van der Waals surface area contributed by atoms with E-state index in [1.807, 2.05) is 0 Å². The van der Waals surface area contributed by atoms with E-state index < -0.39 is 0 Å². The van der Waals surface area contributed by atoms with Crippen molar-refractivity contribution in [1.29, 1.82) is 0 Å². The third-order valence-electron chi connectivity index (χ3n) is 12.3. The van der Waals surface area contributed by atoms with Crippen LogP contribution in [0.3, 0.4) is 0 Å². The fourth-order valence-electron chi connectivity index (χ4n) is 9.88. The first-order valence-electron chi connectivity index (χ1n) is 19.9. The molecule has 0 spiro atoms. The van der Waals surface area contributed by atoms with Gasteiger partial charge >= 0.3 is 0 Å². The molecular weight excluding hydrogens is 705 g/mol. The molecule has 4 heteroatoms. The number of rotatable bonds is 4. The molecule has 0 aliphatic rings. The molecule has 0 atom stereocenters. The van der Waals surface area contributed by atoms with Crippen LogP contribution >= 0.6 is 0 Å². The Labute approximate surface area is 333 Å². The molecule has 4 heterocycles. The minimum Gasteiger partial charge on any atom is -0.309 e. The fraction of sp³-hybridized carbons (Fsp3) is 0. The number of benzene rings is 9. The predicted octanol–water partition coefficient (Wildman–Crippen LogP) is 14.1. The van der Waals surface area contributed by atoms with E-state index in [0.29, 0.717) is 0 Å². The van der Waals surface area contributed by atoms with Crippen molar-refractivity contribution in [3.63, 3.8) is 0 Å². The van der Waals surface area contributed by atoms with Gasteiger partial charge in [0.25, 0.3) is 0 Å². The first-order chi connectivity index (χ1) is 28.8. The molecule has 0 bridgehead atoms. The highest BCUT2D eigenvalue weighted by atomic mass is 15.0. The first-order valence-corrected chi connectivity index (χ1v) is 19.9. The van der Waals surface area contributed by atoms with Crippen LogP contribution in [0.15, 0.2) is 206 Å². The molecular formula is C54H34N4. The molecule has 0 aliphatic heterocycles. The summed E-state index contributed by atoms with van der Waals surface area (Å²) in [5, 5.41) is 9.91. The third kappa shape index (κ3) is 4.29. The molecule has 4 aromatic heterocycles. The van der Waals surface area contributed by atoms with Gasteiger partial charge in [0.2, 0.25) is 0 Å². The summed E-state index contributed by atoms with van der Waals surface area (Å²) in [6.07, 6.45) is 0. The van der Waals surface area contributed by atoms with Crippen LogP contribution in [0.1, 0.15) is 0 Å². The van der Waals surface area contributed by atoms with Crippen LogP contribution < -0.4 is 0 Å². The van der Waals surface area contributed by atoms with Gasteiger partial charge in [-0.1, -0.05) is 115 Å². The Morgan fingerprint density at radius 2 is 0.448 bits per heavy atom. The molecule has 0 unspecified atom stereocenters. The van der Waals surface area contributed by atoms with Crippen molar-refractivity contribution in [2.75, 3.05) is 0 Å². The molecule has 270 valence electrons. The van der Waals surface area contributed by atoms with Crippen LogP contribution in [-0.2, 0) is 0 Å². The summed E-state index contributed by atoms with van der Waals surface area (Å²) in [6, 6.07) is 75.5. The summed E-state index contributed by atoms with van der Waals surface area (Å²) in [5.41, 5.74) is 14.2. The molecule has 13 rings (SSSR count). The average Bonchev–Trinajstić information content (AvgIpc) is 4.00. The minimum absolute atomic E-state index is 1.14. The highest BCUT2D eigenvalue weighted by molar-refractivity contribution is 6.23. The van der Waals surface area contributed by atoms with Crippen molar-refractivity contribution in [3.8, 4) is 22.7 Å². The van der Waals surface area contributed by atoms with Crippen molar-refractivity contribution < 1.29 is 0 Å². The van der Waals surface area contributed by atoms with Crippen molar-refractivity contribution >= 4 is 87.2 Å². The Balaban J connectivity index is 1.16. The molecule has 13 aromatic rings. The van der Waals surface area contributed by atoms with Gasteiger partial charge < -0.3 is 18.3 Å². The van der Waals surface area contributed by atoms with E-state index in [0.717, 1.165) is 22.7 Å². The van der Waals surface area contributed by atoms with Crippen molar-refractivity contribution in [1.82, 2.24) is 18.3 Å². The van der Waals surface area contributed by atoms with Gasteiger partial charge in [0.05, 0.1) is 44.1 Å². The topological polar surface area (TPSA) is 19.7 Å². The molecule has 0 N–H and O–H groups in total. The number of nitrogens with zero attached hydrogens (tertiary/aromatic N) is 4. The minimum atomic E-state index is 1.14. The van der Waals surface area contributed by atoms with Crippen LogP contribution in [0.4, 0.5) is 0 Å². The second-order valence-corrected chi connectivity index (χ2v) is 15.4. The van der Waals surface area contributed by atoms with Crippen LogP contribution in [0, 0.1) is 0 Å². The Bertz CT molecular complexity index is 3770. The zero-order valence-corrected chi connectivity index (χ0v) is 31.4. The lowest BCUT2D eigenvalue weighted by Crippen LogP contribution is -1.97. The van der Waals surface area contributed by atoms with E-state index >= 15 is 0 Å². The van der Waals surface area contributed by atoms with E-state index in [-0.39, 0.29) is 0 Å². The van der Waals surface area contributed by atoms with Crippen molar-refractivity contribution in [3.05, 3.63) is 206 Å². The van der Waals surface area contributed by atoms with E-state index in [2.05, 4.69) is 225 Å². The lowest BCUT2D eigenvalue weighted by molar-refractivity contribution is 1.15. The van der Waals surface area contributed by atoms with E-state index in [9.17, 15) is 0 Å². The summed E-state index contributed by atoms with van der Waals surface area (Å²) in [4.78, 5) is 0. The number of hydrogen-bond donors (Lipinski definition) is 0. The molecule has 9 aromatic carbocycles. The highest BCUT2D eigenvalue weighted by Gasteiger charge is 2.22. The zero-order valence-electron chi connectivity index (χ0n) is 31.4. The van der Waals surface area contributed by atoms with Gasteiger partial charge in [-0.3, -0.25) is 0 Å².